The van der Waals surface area contributed by atoms with Gasteiger partial charge in [0.15, 0.2) is 5.82 Å². The van der Waals surface area contributed by atoms with Gasteiger partial charge in [-0.05, 0) is 31.0 Å². The molecule has 3 aromatic rings. The first-order valence-corrected chi connectivity index (χ1v) is 7.58. The van der Waals surface area contributed by atoms with Crippen molar-refractivity contribution >= 4 is 11.7 Å². The molecule has 0 fully saturated rings. The number of aromatic nitrogens is 2. The molecule has 0 atom stereocenters. The third-order valence-corrected chi connectivity index (χ3v) is 3.70. The highest BCUT2D eigenvalue weighted by molar-refractivity contribution is 6.04. The summed E-state index contributed by atoms with van der Waals surface area (Å²) in [6, 6.07) is 17.6. The first-order chi connectivity index (χ1) is 11.1. The molecule has 0 radical (unpaired) electrons. The lowest BCUT2D eigenvalue weighted by Crippen LogP contribution is -2.14. The summed E-state index contributed by atoms with van der Waals surface area (Å²) in [4.78, 5) is 12.3. The number of benzene rings is 2. The maximum absolute atomic E-state index is 12.3. The van der Waals surface area contributed by atoms with Crippen LogP contribution in [0.15, 0.2) is 60.8 Å². The Morgan fingerprint density at radius 2 is 1.91 bits per heavy atom. The van der Waals surface area contributed by atoms with Crippen molar-refractivity contribution in [2.45, 2.75) is 20.4 Å². The minimum Gasteiger partial charge on any atom is -0.305 e. The fraction of sp³-hybridized carbons (Fsp3) is 0.158. The number of nitrogens with zero attached hydrogens (tertiary/aromatic N) is 2. The SMILES string of the molecule is Cc1cccc(Cn2ccc(NC(=O)c3ccccc3C)n2)c1. The van der Waals surface area contributed by atoms with Crippen molar-refractivity contribution in [3.05, 3.63) is 83.0 Å². The van der Waals surface area contributed by atoms with E-state index in [1.54, 1.807) is 0 Å². The fourth-order valence-electron chi connectivity index (χ4n) is 2.53. The third-order valence-electron chi connectivity index (χ3n) is 3.70. The number of amides is 1. The molecule has 1 N–H and O–H groups in total. The van der Waals surface area contributed by atoms with E-state index < -0.39 is 0 Å². The van der Waals surface area contributed by atoms with Crippen molar-refractivity contribution < 1.29 is 4.79 Å². The van der Waals surface area contributed by atoms with Gasteiger partial charge in [0.2, 0.25) is 0 Å². The topological polar surface area (TPSA) is 46.9 Å². The Hall–Kier alpha value is -2.88. The third kappa shape index (κ3) is 3.66. The molecule has 116 valence electrons. The van der Waals surface area contributed by atoms with Crippen LogP contribution in [0.3, 0.4) is 0 Å². The number of carbonyl (C=O) groups is 1. The second kappa shape index (κ2) is 6.48. The zero-order valence-corrected chi connectivity index (χ0v) is 13.3. The molecule has 4 heteroatoms. The molecule has 0 saturated heterocycles. The summed E-state index contributed by atoms with van der Waals surface area (Å²) in [6.07, 6.45) is 1.87. The standard InChI is InChI=1S/C19H19N3O/c1-14-6-5-8-16(12-14)13-22-11-10-18(21-22)20-19(23)17-9-4-3-7-15(17)2/h3-12H,13H2,1-2H3,(H,20,21,23). The van der Waals surface area contributed by atoms with Crippen molar-refractivity contribution in [1.29, 1.82) is 0 Å². The van der Waals surface area contributed by atoms with Gasteiger partial charge in [0.1, 0.15) is 0 Å². The summed E-state index contributed by atoms with van der Waals surface area (Å²) in [6.45, 7) is 4.67. The second-order valence-electron chi connectivity index (χ2n) is 5.66. The van der Waals surface area contributed by atoms with Crippen LogP contribution >= 0.6 is 0 Å². The maximum Gasteiger partial charge on any atom is 0.257 e. The van der Waals surface area contributed by atoms with Crippen LogP contribution in [0.2, 0.25) is 0 Å². The number of nitrogens with one attached hydrogen (secondary N) is 1. The van der Waals surface area contributed by atoms with E-state index in [1.165, 1.54) is 11.1 Å². The Morgan fingerprint density at radius 1 is 1.09 bits per heavy atom. The Morgan fingerprint density at radius 3 is 2.70 bits per heavy atom. The van der Waals surface area contributed by atoms with Crippen LogP contribution < -0.4 is 5.32 Å². The molecule has 0 saturated carbocycles. The number of hydrogen-bond donors (Lipinski definition) is 1. The quantitative estimate of drug-likeness (QED) is 0.797. The maximum atomic E-state index is 12.3. The Bertz CT molecular complexity index is 836. The first-order valence-electron chi connectivity index (χ1n) is 7.58. The predicted octanol–water partition coefficient (Wildman–Crippen LogP) is 3.80. The molecule has 0 aliphatic heterocycles. The summed E-state index contributed by atoms with van der Waals surface area (Å²) in [5.74, 6) is 0.426. The average molecular weight is 305 g/mol. The largest absolute Gasteiger partial charge is 0.305 e. The van der Waals surface area contributed by atoms with Gasteiger partial charge < -0.3 is 5.32 Å². The van der Waals surface area contributed by atoms with E-state index in [0.29, 0.717) is 17.9 Å². The van der Waals surface area contributed by atoms with Gasteiger partial charge in [-0.3, -0.25) is 9.48 Å². The van der Waals surface area contributed by atoms with Gasteiger partial charge in [-0.15, -0.1) is 0 Å². The highest BCUT2D eigenvalue weighted by Gasteiger charge is 2.10. The molecule has 0 aliphatic carbocycles. The highest BCUT2D eigenvalue weighted by atomic mass is 16.1. The molecular formula is C19H19N3O. The number of aryl methyl sites for hydroxylation is 2. The van der Waals surface area contributed by atoms with Crippen LogP contribution in [-0.2, 0) is 6.54 Å². The van der Waals surface area contributed by atoms with E-state index in [9.17, 15) is 4.79 Å². The fourth-order valence-corrected chi connectivity index (χ4v) is 2.53. The molecule has 23 heavy (non-hydrogen) atoms. The van der Waals surface area contributed by atoms with Crippen molar-refractivity contribution in [3.63, 3.8) is 0 Å². The molecule has 3 rings (SSSR count). The van der Waals surface area contributed by atoms with Gasteiger partial charge in [0.05, 0.1) is 6.54 Å². The lowest BCUT2D eigenvalue weighted by Gasteiger charge is -2.05. The molecule has 1 aromatic heterocycles. The van der Waals surface area contributed by atoms with Gasteiger partial charge >= 0.3 is 0 Å². The Balaban J connectivity index is 1.70. The summed E-state index contributed by atoms with van der Waals surface area (Å²) in [5.41, 5.74) is 4.03. The number of anilines is 1. The van der Waals surface area contributed by atoms with E-state index in [0.717, 1.165) is 5.56 Å². The summed E-state index contributed by atoms with van der Waals surface area (Å²) < 4.78 is 1.82. The minimum absolute atomic E-state index is 0.135. The Labute approximate surface area is 135 Å². The second-order valence-corrected chi connectivity index (χ2v) is 5.66. The van der Waals surface area contributed by atoms with Crippen LogP contribution in [0.1, 0.15) is 27.0 Å². The van der Waals surface area contributed by atoms with Crippen molar-refractivity contribution in [2.75, 3.05) is 5.32 Å². The summed E-state index contributed by atoms with van der Waals surface area (Å²) in [5, 5.41) is 7.26. The lowest BCUT2D eigenvalue weighted by atomic mass is 10.1. The molecule has 0 spiro atoms. The predicted molar refractivity (Wildman–Crippen MR) is 91.6 cm³/mol. The van der Waals surface area contributed by atoms with Gasteiger partial charge in [-0.2, -0.15) is 5.10 Å². The smallest absolute Gasteiger partial charge is 0.257 e. The molecule has 0 unspecified atom stereocenters. The molecule has 0 bridgehead atoms. The van der Waals surface area contributed by atoms with E-state index >= 15 is 0 Å². The van der Waals surface area contributed by atoms with Crippen molar-refractivity contribution in [3.8, 4) is 0 Å². The zero-order chi connectivity index (χ0) is 16.2. The zero-order valence-electron chi connectivity index (χ0n) is 13.3. The van der Waals surface area contributed by atoms with Crippen molar-refractivity contribution in [2.24, 2.45) is 0 Å². The average Bonchev–Trinajstić information content (AvgIpc) is 2.94. The molecule has 1 heterocycles. The normalized spacial score (nSPS) is 10.5. The van der Waals surface area contributed by atoms with Gasteiger partial charge in [0, 0.05) is 17.8 Å². The molecule has 0 aliphatic rings. The lowest BCUT2D eigenvalue weighted by molar-refractivity contribution is 0.102. The molecular weight excluding hydrogens is 286 g/mol. The van der Waals surface area contributed by atoms with Gasteiger partial charge in [0.25, 0.3) is 5.91 Å². The monoisotopic (exact) mass is 305 g/mol. The van der Waals surface area contributed by atoms with Crippen LogP contribution in [0.5, 0.6) is 0 Å². The molecule has 2 aromatic carbocycles. The van der Waals surface area contributed by atoms with Gasteiger partial charge in [-0.1, -0.05) is 48.0 Å². The minimum atomic E-state index is -0.135. The van der Waals surface area contributed by atoms with Gasteiger partial charge in [-0.25, -0.2) is 0 Å². The van der Waals surface area contributed by atoms with E-state index in [-0.39, 0.29) is 5.91 Å². The van der Waals surface area contributed by atoms with Crippen molar-refractivity contribution in [1.82, 2.24) is 9.78 Å². The molecule has 4 nitrogen and oxygen atoms in total. The number of hydrogen-bond acceptors (Lipinski definition) is 2. The van der Waals surface area contributed by atoms with E-state index in [2.05, 4.69) is 35.5 Å². The number of rotatable bonds is 4. The van der Waals surface area contributed by atoms with E-state index in [1.807, 2.05) is 54.2 Å². The van der Waals surface area contributed by atoms with E-state index in [4.69, 9.17) is 0 Å². The van der Waals surface area contributed by atoms with Crippen LogP contribution in [0.25, 0.3) is 0 Å². The first kappa shape index (κ1) is 15.0. The summed E-state index contributed by atoms with van der Waals surface area (Å²) >= 11 is 0. The highest BCUT2D eigenvalue weighted by Crippen LogP contribution is 2.12. The Kier molecular flexibility index (Phi) is 4.24. The summed E-state index contributed by atoms with van der Waals surface area (Å²) in [7, 11) is 0. The van der Waals surface area contributed by atoms with Crippen LogP contribution in [0, 0.1) is 13.8 Å². The molecule has 1 amide bonds. The van der Waals surface area contributed by atoms with Crippen LogP contribution in [-0.4, -0.2) is 15.7 Å². The van der Waals surface area contributed by atoms with Crippen LogP contribution in [0.4, 0.5) is 5.82 Å². The number of carbonyl (C=O) groups excluding carboxylic acids is 1.